The number of benzene rings is 7. The molecule has 0 amide bonds. The zero-order valence-corrected chi connectivity index (χ0v) is 27.5. The van der Waals surface area contributed by atoms with Crippen LogP contribution in [0.1, 0.15) is 0 Å². The number of nitrogens with zero attached hydrogens (tertiary/aromatic N) is 4. The third kappa shape index (κ3) is 2.98. The lowest BCUT2D eigenvalue weighted by atomic mass is 9.34. The molecule has 0 spiro atoms. The van der Waals surface area contributed by atoms with Crippen LogP contribution in [-0.2, 0) is 0 Å². The number of para-hydroxylation sites is 4. The minimum Gasteiger partial charge on any atom is -0.294 e. The van der Waals surface area contributed by atoms with E-state index in [9.17, 15) is 0 Å². The van der Waals surface area contributed by atoms with Crippen molar-refractivity contribution in [2.24, 2.45) is 0 Å². The van der Waals surface area contributed by atoms with Gasteiger partial charge in [0.1, 0.15) is 11.3 Å². The Hall–Kier alpha value is -6.72. The summed E-state index contributed by atoms with van der Waals surface area (Å²) in [5.41, 5.74) is 21.6. The molecule has 0 saturated heterocycles. The summed E-state index contributed by atoms with van der Waals surface area (Å²) in [7, 11) is 0. The van der Waals surface area contributed by atoms with Crippen molar-refractivity contribution in [2.75, 3.05) is 0 Å². The van der Waals surface area contributed by atoms with E-state index in [1.54, 1.807) is 0 Å². The van der Waals surface area contributed by atoms with E-state index in [-0.39, 0.29) is 6.71 Å². The molecule has 51 heavy (non-hydrogen) atoms. The molecule has 0 fully saturated rings. The molecule has 13 rings (SSSR count). The molecule has 234 valence electrons. The van der Waals surface area contributed by atoms with Crippen molar-refractivity contribution in [2.45, 2.75) is 0 Å². The Labute approximate surface area is 292 Å². The molecule has 0 bridgehead atoms. The second-order valence-electron chi connectivity index (χ2n) is 14.1. The van der Waals surface area contributed by atoms with E-state index < -0.39 is 0 Å². The first-order chi connectivity index (χ1) is 25.4. The fraction of sp³-hybridized carbons (Fsp3) is 0. The first-order valence-electron chi connectivity index (χ1n) is 17.8. The molecule has 0 radical (unpaired) electrons. The van der Waals surface area contributed by atoms with Crippen molar-refractivity contribution in [3.05, 3.63) is 164 Å². The van der Waals surface area contributed by atoms with Gasteiger partial charge in [0.15, 0.2) is 0 Å². The van der Waals surface area contributed by atoms with Crippen LogP contribution in [0.2, 0.25) is 0 Å². The Bertz CT molecular complexity index is 3080. The lowest BCUT2D eigenvalue weighted by Gasteiger charge is -2.33. The highest BCUT2D eigenvalue weighted by atomic mass is 15.2. The number of rotatable bonds is 2. The lowest BCUT2D eigenvalue weighted by molar-refractivity contribution is 1.12. The average molecular weight is 647 g/mol. The fourth-order valence-corrected chi connectivity index (χ4v) is 9.94. The summed E-state index contributed by atoms with van der Waals surface area (Å²) < 4.78 is 10.2. The van der Waals surface area contributed by atoms with Gasteiger partial charge in [-0.05, 0) is 63.9 Å². The number of hydrogen-bond acceptors (Lipinski definition) is 0. The van der Waals surface area contributed by atoms with Crippen LogP contribution < -0.4 is 16.4 Å². The van der Waals surface area contributed by atoms with Crippen LogP contribution in [0.5, 0.6) is 0 Å². The fourth-order valence-electron chi connectivity index (χ4n) is 9.94. The molecule has 4 aromatic heterocycles. The minimum atomic E-state index is 0.0979. The number of imidazole rings is 2. The van der Waals surface area contributed by atoms with E-state index in [2.05, 4.69) is 182 Å². The summed E-state index contributed by atoms with van der Waals surface area (Å²) in [5.74, 6) is 0. The van der Waals surface area contributed by atoms with Crippen LogP contribution in [0.25, 0.3) is 88.8 Å². The predicted molar refractivity (Wildman–Crippen MR) is 213 cm³/mol. The van der Waals surface area contributed by atoms with Crippen molar-refractivity contribution >= 4 is 78.3 Å². The SMILES string of the molecule is c1ccc(-c2c3ccccc3n3c4cccc5c4n(c23)-c2cccc3c2B5c2cccc4c2n-3c2c(-c3ccccc3)c3ccccc3n42)cc1. The Morgan fingerprint density at radius 2 is 0.765 bits per heavy atom. The maximum absolute atomic E-state index is 2.58. The highest BCUT2D eigenvalue weighted by Gasteiger charge is 2.42. The maximum atomic E-state index is 2.58. The van der Waals surface area contributed by atoms with Gasteiger partial charge in [-0.1, -0.05) is 127 Å². The van der Waals surface area contributed by atoms with Gasteiger partial charge in [0.05, 0.1) is 33.1 Å². The summed E-state index contributed by atoms with van der Waals surface area (Å²) in [6, 6.07) is 60.6. The average Bonchev–Trinajstić information content (AvgIpc) is 3.91. The molecule has 0 N–H and O–H groups in total. The molecule has 0 aliphatic carbocycles. The van der Waals surface area contributed by atoms with Gasteiger partial charge in [0.2, 0.25) is 0 Å². The Morgan fingerprint density at radius 1 is 0.353 bits per heavy atom. The van der Waals surface area contributed by atoms with Gasteiger partial charge >= 0.3 is 0 Å². The largest absolute Gasteiger partial charge is 0.294 e. The maximum Gasteiger partial charge on any atom is 0.252 e. The zero-order chi connectivity index (χ0) is 32.9. The van der Waals surface area contributed by atoms with E-state index in [0.29, 0.717) is 0 Å². The third-order valence-corrected chi connectivity index (χ3v) is 11.7. The van der Waals surface area contributed by atoms with E-state index in [1.807, 2.05) is 0 Å². The Balaban J connectivity index is 1.26. The monoisotopic (exact) mass is 646 g/mol. The molecule has 2 aliphatic rings. The van der Waals surface area contributed by atoms with Crippen LogP contribution in [0, 0.1) is 0 Å². The lowest BCUT2D eigenvalue weighted by Crippen LogP contribution is -2.59. The summed E-state index contributed by atoms with van der Waals surface area (Å²) in [5, 5.41) is 2.54. The van der Waals surface area contributed by atoms with E-state index in [0.717, 1.165) is 0 Å². The molecule has 2 aliphatic heterocycles. The molecular weight excluding hydrogens is 619 g/mol. The highest BCUT2D eigenvalue weighted by molar-refractivity contribution is 7.00. The van der Waals surface area contributed by atoms with E-state index in [1.165, 1.54) is 105 Å². The van der Waals surface area contributed by atoms with Gasteiger partial charge in [-0.15, -0.1) is 0 Å². The Kier molecular flexibility index (Phi) is 4.67. The normalized spacial score (nSPS) is 13.1. The van der Waals surface area contributed by atoms with Crippen molar-refractivity contribution in [3.8, 4) is 33.6 Å². The van der Waals surface area contributed by atoms with Crippen molar-refractivity contribution in [1.82, 2.24) is 17.9 Å². The van der Waals surface area contributed by atoms with Gasteiger partial charge in [-0.2, -0.15) is 0 Å². The van der Waals surface area contributed by atoms with Crippen LogP contribution >= 0.6 is 0 Å². The van der Waals surface area contributed by atoms with Crippen molar-refractivity contribution in [3.63, 3.8) is 0 Å². The highest BCUT2D eigenvalue weighted by Crippen LogP contribution is 2.44. The van der Waals surface area contributed by atoms with Crippen LogP contribution in [0.15, 0.2) is 164 Å². The first kappa shape index (κ1) is 26.2. The molecule has 6 heterocycles. The number of aromatic nitrogens is 4. The van der Waals surface area contributed by atoms with Gasteiger partial charge in [0, 0.05) is 33.3 Å². The van der Waals surface area contributed by atoms with E-state index in [4.69, 9.17) is 0 Å². The van der Waals surface area contributed by atoms with Gasteiger partial charge in [-0.25, -0.2) is 0 Å². The van der Waals surface area contributed by atoms with E-state index >= 15 is 0 Å². The quantitative estimate of drug-likeness (QED) is 0.167. The number of fused-ring (bicyclic) bond motifs is 14. The molecule has 0 unspecified atom stereocenters. The Morgan fingerprint density at radius 3 is 1.25 bits per heavy atom. The molecule has 7 aromatic carbocycles. The van der Waals surface area contributed by atoms with Crippen molar-refractivity contribution < 1.29 is 0 Å². The summed E-state index contributed by atoms with van der Waals surface area (Å²) >= 11 is 0. The van der Waals surface area contributed by atoms with Crippen molar-refractivity contribution in [1.29, 1.82) is 0 Å². The molecule has 4 nitrogen and oxygen atoms in total. The van der Waals surface area contributed by atoms with Crippen LogP contribution in [0.4, 0.5) is 0 Å². The van der Waals surface area contributed by atoms with Gasteiger partial charge < -0.3 is 0 Å². The van der Waals surface area contributed by atoms with Gasteiger partial charge in [0.25, 0.3) is 6.71 Å². The molecule has 0 saturated carbocycles. The smallest absolute Gasteiger partial charge is 0.252 e. The number of hydrogen-bond donors (Lipinski definition) is 0. The van der Waals surface area contributed by atoms with Crippen LogP contribution in [-0.4, -0.2) is 24.6 Å². The molecule has 0 atom stereocenters. The van der Waals surface area contributed by atoms with Crippen LogP contribution in [0.3, 0.4) is 0 Å². The minimum absolute atomic E-state index is 0.0979. The third-order valence-electron chi connectivity index (χ3n) is 11.7. The summed E-state index contributed by atoms with van der Waals surface area (Å²) in [6.45, 7) is 0.0979. The zero-order valence-electron chi connectivity index (χ0n) is 27.5. The molecule has 5 heteroatoms. The summed E-state index contributed by atoms with van der Waals surface area (Å²) in [6.07, 6.45) is 0. The first-order valence-corrected chi connectivity index (χ1v) is 17.8. The standard InChI is InChI=1S/C46H27BN4/c1-3-14-28(15-4-1)40-30-18-7-9-22-34(30)48-38-26-11-20-32-43(38)50(45(40)48)36-24-13-25-37-42(36)47(32)33-21-12-27-39-44(33)51(37)46-41(29-16-5-2-6-17-29)31-19-8-10-23-35(31)49(39)46/h1-27H. The molecular formula is C46H27BN4. The second kappa shape index (κ2) is 9.09. The van der Waals surface area contributed by atoms with Gasteiger partial charge in [-0.3, -0.25) is 17.9 Å². The second-order valence-corrected chi connectivity index (χ2v) is 14.1. The predicted octanol–water partition coefficient (Wildman–Crippen LogP) is 8.86. The summed E-state index contributed by atoms with van der Waals surface area (Å²) in [4.78, 5) is 0. The molecule has 11 aromatic rings. The topological polar surface area (TPSA) is 18.7 Å².